The van der Waals surface area contributed by atoms with E-state index in [4.69, 9.17) is 4.74 Å². The zero-order valence-electron chi connectivity index (χ0n) is 17.0. The van der Waals surface area contributed by atoms with Gasteiger partial charge in [-0.05, 0) is 38.3 Å². The average Bonchev–Trinajstić information content (AvgIpc) is 2.65. The monoisotopic (exact) mass is 395 g/mol. The van der Waals surface area contributed by atoms with Gasteiger partial charge in [0.25, 0.3) is 10.2 Å². The van der Waals surface area contributed by atoms with Crippen LogP contribution in [0.5, 0.6) is 0 Å². The Bertz CT molecular complexity index is 715. The molecule has 1 aromatic carbocycles. The maximum atomic E-state index is 12.9. The van der Waals surface area contributed by atoms with Crippen LogP contribution in [-0.4, -0.2) is 74.3 Å². The Hall–Kier alpha value is -0.990. The van der Waals surface area contributed by atoms with E-state index in [1.807, 2.05) is 25.1 Å². The van der Waals surface area contributed by atoms with E-state index in [2.05, 4.69) is 24.1 Å². The molecule has 1 spiro atoms. The summed E-state index contributed by atoms with van der Waals surface area (Å²) >= 11 is 0. The fourth-order valence-corrected chi connectivity index (χ4v) is 5.70. The van der Waals surface area contributed by atoms with Crippen molar-refractivity contribution in [2.24, 2.45) is 0 Å². The van der Waals surface area contributed by atoms with Crippen LogP contribution >= 0.6 is 0 Å². The molecule has 0 aromatic heterocycles. The number of likely N-dealkylation sites (tertiary alicyclic amines) is 1. The summed E-state index contributed by atoms with van der Waals surface area (Å²) in [5.41, 5.74) is 0.893. The Balaban J connectivity index is 1.93. The molecule has 6 nitrogen and oxygen atoms in total. The number of hydrogen-bond acceptors (Lipinski definition) is 4. The number of ether oxygens (including phenoxy) is 1. The predicted octanol–water partition coefficient (Wildman–Crippen LogP) is 2.50. The van der Waals surface area contributed by atoms with Gasteiger partial charge in [-0.25, -0.2) is 0 Å². The molecule has 152 valence electrons. The van der Waals surface area contributed by atoms with Crippen LogP contribution in [0.4, 0.5) is 0 Å². The molecule has 3 rings (SSSR count). The van der Waals surface area contributed by atoms with Crippen molar-refractivity contribution in [3.05, 3.63) is 35.9 Å². The SMILES string of the molecule is CCN([C@H]1C[C@@H](c2ccccc2)OC2(CCN(C)CC2)C1)S(=O)(=O)N(C)C. The Morgan fingerprint density at radius 2 is 1.81 bits per heavy atom. The van der Waals surface area contributed by atoms with Crippen molar-refractivity contribution >= 4 is 10.2 Å². The minimum absolute atomic E-state index is 0.0511. The molecule has 0 N–H and O–H groups in total. The van der Waals surface area contributed by atoms with E-state index in [0.29, 0.717) is 13.0 Å². The maximum Gasteiger partial charge on any atom is 0.281 e. The van der Waals surface area contributed by atoms with E-state index in [1.54, 1.807) is 18.4 Å². The molecule has 0 saturated carbocycles. The Labute approximate surface area is 164 Å². The lowest BCUT2D eigenvalue weighted by Gasteiger charge is -2.50. The highest BCUT2D eigenvalue weighted by Crippen LogP contribution is 2.44. The molecule has 0 aliphatic carbocycles. The third-order valence-electron chi connectivity index (χ3n) is 6.03. The van der Waals surface area contributed by atoms with Crippen molar-refractivity contribution in [3.8, 4) is 0 Å². The molecule has 0 bridgehead atoms. The molecular weight excluding hydrogens is 362 g/mol. The molecule has 2 fully saturated rings. The summed E-state index contributed by atoms with van der Waals surface area (Å²) in [6, 6.07) is 10.2. The topological polar surface area (TPSA) is 53.1 Å². The van der Waals surface area contributed by atoms with E-state index in [-0.39, 0.29) is 17.7 Å². The van der Waals surface area contributed by atoms with Crippen molar-refractivity contribution in [1.29, 1.82) is 0 Å². The normalized spacial score (nSPS) is 26.7. The first kappa shape index (κ1) is 20.7. The van der Waals surface area contributed by atoms with Gasteiger partial charge in [0.1, 0.15) is 0 Å². The molecule has 0 unspecified atom stereocenters. The van der Waals surface area contributed by atoms with Crippen LogP contribution in [0.15, 0.2) is 30.3 Å². The van der Waals surface area contributed by atoms with Crippen LogP contribution < -0.4 is 0 Å². The summed E-state index contributed by atoms with van der Waals surface area (Å²) in [6.45, 7) is 4.37. The molecular formula is C20H33N3O3S. The first-order valence-corrected chi connectivity index (χ1v) is 11.3. The second-order valence-corrected chi connectivity index (χ2v) is 10.2. The number of rotatable bonds is 5. The smallest absolute Gasteiger partial charge is 0.281 e. The quantitative estimate of drug-likeness (QED) is 0.769. The fourth-order valence-electron chi connectivity index (χ4n) is 4.42. The van der Waals surface area contributed by atoms with Crippen LogP contribution in [-0.2, 0) is 14.9 Å². The van der Waals surface area contributed by atoms with Crippen molar-refractivity contribution in [1.82, 2.24) is 13.5 Å². The predicted molar refractivity (Wildman–Crippen MR) is 108 cm³/mol. The molecule has 2 aliphatic heterocycles. The molecule has 0 amide bonds. The summed E-state index contributed by atoms with van der Waals surface area (Å²) in [7, 11) is 1.89. The van der Waals surface area contributed by atoms with Gasteiger partial charge in [-0.15, -0.1) is 0 Å². The van der Waals surface area contributed by atoms with Crippen LogP contribution in [0.1, 0.15) is 44.3 Å². The molecule has 0 radical (unpaired) electrons. The highest BCUT2D eigenvalue weighted by molar-refractivity contribution is 7.86. The number of benzene rings is 1. The molecule has 2 heterocycles. The van der Waals surface area contributed by atoms with Crippen LogP contribution in [0, 0.1) is 0 Å². The van der Waals surface area contributed by atoms with Gasteiger partial charge in [0.05, 0.1) is 11.7 Å². The zero-order chi connectivity index (χ0) is 19.7. The van der Waals surface area contributed by atoms with Gasteiger partial charge in [-0.2, -0.15) is 17.0 Å². The van der Waals surface area contributed by atoms with Crippen molar-refractivity contribution in [2.75, 3.05) is 40.8 Å². The Morgan fingerprint density at radius 3 is 2.37 bits per heavy atom. The molecule has 27 heavy (non-hydrogen) atoms. The van der Waals surface area contributed by atoms with Gasteiger partial charge < -0.3 is 9.64 Å². The Morgan fingerprint density at radius 1 is 1.19 bits per heavy atom. The van der Waals surface area contributed by atoms with Gasteiger partial charge in [-0.1, -0.05) is 37.3 Å². The van der Waals surface area contributed by atoms with Gasteiger partial charge in [0, 0.05) is 39.8 Å². The van der Waals surface area contributed by atoms with Crippen LogP contribution in [0.25, 0.3) is 0 Å². The van der Waals surface area contributed by atoms with E-state index >= 15 is 0 Å². The highest BCUT2D eigenvalue weighted by Gasteiger charge is 2.47. The maximum absolute atomic E-state index is 12.9. The molecule has 1 aromatic rings. The van der Waals surface area contributed by atoms with Crippen molar-refractivity contribution < 1.29 is 13.2 Å². The first-order valence-electron chi connectivity index (χ1n) is 9.88. The summed E-state index contributed by atoms with van der Waals surface area (Å²) in [6.07, 6.45) is 3.29. The second kappa shape index (κ2) is 8.17. The van der Waals surface area contributed by atoms with Crippen molar-refractivity contribution in [2.45, 2.75) is 50.4 Å². The molecule has 2 saturated heterocycles. The Kier molecular flexibility index (Phi) is 6.27. The number of piperidine rings is 1. The van der Waals surface area contributed by atoms with E-state index < -0.39 is 10.2 Å². The van der Waals surface area contributed by atoms with Gasteiger partial charge in [0.15, 0.2) is 0 Å². The van der Waals surface area contributed by atoms with Crippen LogP contribution in [0.3, 0.4) is 0 Å². The van der Waals surface area contributed by atoms with Gasteiger partial charge in [0.2, 0.25) is 0 Å². The molecule has 2 aliphatic rings. The summed E-state index contributed by atoms with van der Waals surface area (Å²) < 4.78 is 35.5. The average molecular weight is 396 g/mol. The zero-order valence-corrected chi connectivity index (χ0v) is 17.8. The van der Waals surface area contributed by atoms with E-state index in [1.165, 1.54) is 4.31 Å². The van der Waals surface area contributed by atoms with E-state index in [0.717, 1.165) is 37.9 Å². The lowest BCUT2D eigenvalue weighted by Crippen LogP contribution is -2.56. The fraction of sp³-hybridized carbons (Fsp3) is 0.700. The number of hydrogen-bond donors (Lipinski definition) is 0. The summed E-state index contributed by atoms with van der Waals surface area (Å²) in [5.74, 6) is 0. The van der Waals surface area contributed by atoms with Gasteiger partial charge >= 0.3 is 0 Å². The lowest BCUT2D eigenvalue weighted by molar-refractivity contribution is -0.168. The lowest BCUT2D eigenvalue weighted by atomic mass is 9.80. The largest absolute Gasteiger partial charge is 0.367 e. The summed E-state index contributed by atoms with van der Waals surface area (Å²) in [5, 5.41) is 0. The molecule has 2 atom stereocenters. The van der Waals surface area contributed by atoms with E-state index in [9.17, 15) is 8.42 Å². The van der Waals surface area contributed by atoms with Crippen molar-refractivity contribution in [3.63, 3.8) is 0 Å². The van der Waals surface area contributed by atoms with Crippen LogP contribution in [0.2, 0.25) is 0 Å². The first-order chi connectivity index (χ1) is 12.8. The highest BCUT2D eigenvalue weighted by atomic mass is 32.2. The third kappa shape index (κ3) is 4.38. The molecule has 7 heteroatoms. The standard InChI is InChI=1S/C20H33N3O3S/c1-5-23(27(24,25)21(2)3)18-15-19(17-9-7-6-8-10-17)26-20(16-18)11-13-22(4)14-12-20/h6-10,18-19H,5,11-16H2,1-4H3/t18-,19-/m0/s1. The second-order valence-electron chi connectivity index (χ2n) is 8.09. The minimum Gasteiger partial charge on any atom is -0.367 e. The number of nitrogens with zero attached hydrogens (tertiary/aromatic N) is 3. The minimum atomic E-state index is -3.46. The van der Waals surface area contributed by atoms with Gasteiger partial charge in [-0.3, -0.25) is 0 Å². The third-order valence-corrected chi connectivity index (χ3v) is 8.10. The summed E-state index contributed by atoms with van der Waals surface area (Å²) in [4.78, 5) is 2.32.